The molecule has 3 N–H and O–H groups in total. The summed E-state index contributed by atoms with van der Waals surface area (Å²) in [5.41, 5.74) is 0.808. The van der Waals surface area contributed by atoms with Crippen LogP contribution in [0.2, 0.25) is 0 Å². The van der Waals surface area contributed by atoms with Crippen LogP contribution in [-0.2, 0) is 0 Å². The van der Waals surface area contributed by atoms with Crippen LogP contribution in [0.25, 0.3) is 0 Å². The van der Waals surface area contributed by atoms with Crippen LogP contribution >= 0.6 is 0 Å². The topological polar surface area (TPSA) is 60.7 Å². The van der Waals surface area contributed by atoms with Gasteiger partial charge in [-0.1, -0.05) is 45.8 Å². The third-order valence-corrected chi connectivity index (χ3v) is 9.47. The largest absolute Gasteiger partial charge is 0.393 e. The summed E-state index contributed by atoms with van der Waals surface area (Å²) in [5, 5.41) is 32.0. The van der Waals surface area contributed by atoms with Gasteiger partial charge in [-0.3, -0.25) is 0 Å². The quantitative estimate of drug-likeness (QED) is 0.584. The molecule has 0 aromatic rings. The maximum absolute atomic E-state index is 11.4. The fourth-order valence-corrected chi connectivity index (χ4v) is 8.58. The van der Waals surface area contributed by atoms with Gasteiger partial charge in [0.15, 0.2) is 0 Å². The normalized spacial score (nSPS) is 48.7. The van der Waals surface area contributed by atoms with E-state index < -0.39 is 5.60 Å². The highest BCUT2D eigenvalue weighted by Crippen LogP contribution is 2.70. The standard InChI is InChI=1S/C25H44O3/c1-17(11-15-26)8-9-20-24(5)16-18(27)21-22(2,3)12-7-13-23(21,4)19(24)10-14-25(20,6)28/h11,18-21,26-28H,7-10,12-16H2,1-6H3. The molecule has 3 saturated carbocycles. The lowest BCUT2D eigenvalue weighted by atomic mass is 9.37. The number of hydrogen-bond donors (Lipinski definition) is 3. The predicted octanol–water partition coefficient (Wildman–Crippen LogP) is 5.09. The number of aliphatic hydroxyl groups excluding tert-OH is 2. The maximum Gasteiger partial charge on any atom is 0.0653 e. The van der Waals surface area contributed by atoms with Gasteiger partial charge in [-0.2, -0.15) is 0 Å². The van der Waals surface area contributed by atoms with Crippen molar-refractivity contribution in [2.45, 2.75) is 105 Å². The number of aliphatic hydroxyl groups is 3. The number of fused-ring (bicyclic) bond motifs is 3. The van der Waals surface area contributed by atoms with Crippen LogP contribution in [0.3, 0.4) is 0 Å². The molecule has 3 aliphatic rings. The van der Waals surface area contributed by atoms with E-state index in [4.69, 9.17) is 0 Å². The second-order valence-corrected chi connectivity index (χ2v) is 11.9. The SMILES string of the molecule is CC(=CCO)CCC1C(C)(O)CCC2C3(C)CCCC(C)(C)C3C(O)CC12C. The fraction of sp³-hybridized carbons (Fsp3) is 0.920. The molecule has 3 nitrogen and oxygen atoms in total. The smallest absolute Gasteiger partial charge is 0.0653 e. The molecule has 28 heavy (non-hydrogen) atoms. The highest BCUT2D eigenvalue weighted by molar-refractivity contribution is 5.15. The van der Waals surface area contributed by atoms with Crippen LogP contribution in [-0.4, -0.2) is 33.6 Å². The molecule has 3 rings (SSSR count). The van der Waals surface area contributed by atoms with Gasteiger partial charge in [-0.15, -0.1) is 0 Å². The predicted molar refractivity (Wildman–Crippen MR) is 115 cm³/mol. The van der Waals surface area contributed by atoms with Crippen molar-refractivity contribution >= 4 is 0 Å². The molecule has 0 heterocycles. The fourth-order valence-electron chi connectivity index (χ4n) is 8.58. The zero-order valence-electron chi connectivity index (χ0n) is 19.1. The average molecular weight is 393 g/mol. The first-order valence-electron chi connectivity index (χ1n) is 11.6. The van der Waals surface area contributed by atoms with Gasteiger partial charge < -0.3 is 15.3 Å². The van der Waals surface area contributed by atoms with Gasteiger partial charge in [-0.05, 0) is 92.8 Å². The molecule has 0 radical (unpaired) electrons. The van der Waals surface area contributed by atoms with E-state index >= 15 is 0 Å². The van der Waals surface area contributed by atoms with Gasteiger partial charge in [0.25, 0.3) is 0 Å². The zero-order chi connectivity index (χ0) is 21.0. The summed E-state index contributed by atoms with van der Waals surface area (Å²) in [5.74, 6) is 1.09. The second-order valence-electron chi connectivity index (χ2n) is 11.9. The molecule has 0 aromatic carbocycles. The Morgan fingerprint density at radius 1 is 1.04 bits per heavy atom. The minimum Gasteiger partial charge on any atom is -0.393 e. The minimum atomic E-state index is -0.683. The van der Waals surface area contributed by atoms with Crippen molar-refractivity contribution in [3.05, 3.63) is 11.6 Å². The third kappa shape index (κ3) is 3.50. The van der Waals surface area contributed by atoms with Crippen LogP contribution in [0.5, 0.6) is 0 Å². The average Bonchev–Trinajstić information content (AvgIpc) is 2.51. The summed E-state index contributed by atoms with van der Waals surface area (Å²) in [4.78, 5) is 0. The van der Waals surface area contributed by atoms with Crippen LogP contribution in [0.15, 0.2) is 11.6 Å². The molecule has 0 amide bonds. The van der Waals surface area contributed by atoms with Crippen LogP contribution in [0.1, 0.15) is 92.9 Å². The molecule has 0 bridgehead atoms. The second kappa shape index (κ2) is 7.39. The number of hydrogen-bond acceptors (Lipinski definition) is 3. The van der Waals surface area contributed by atoms with Crippen molar-refractivity contribution in [1.82, 2.24) is 0 Å². The van der Waals surface area contributed by atoms with E-state index in [1.165, 1.54) is 24.8 Å². The molecular weight excluding hydrogens is 348 g/mol. The van der Waals surface area contributed by atoms with Crippen molar-refractivity contribution in [1.29, 1.82) is 0 Å². The summed E-state index contributed by atoms with van der Waals surface area (Å²) in [6, 6.07) is 0. The molecule has 7 unspecified atom stereocenters. The Morgan fingerprint density at radius 2 is 1.71 bits per heavy atom. The molecule has 0 spiro atoms. The number of rotatable bonds is 4. The molecule has 3 aliphatic carbocycles. The molecular formula is C25H44O3. The first kappa shape index (κ1) is 22.3. The summed E-state index contributed by atoms with van der Waals surface area (Å²) >= 11 is 0. The Balaban J connectivity index is 1.97. The van der Waals surface area contributed by atoms with E-state index in [0.717, 1.165) is 32.1 Å². The van der Waals surface area contributed by atoms with Crippen molar-refractivity contribution in [3.8, 4) is 0 Å². The van der Waals surface area contributed by atoms with E-state index in [0.29, 0.717) is 11.8 Å². The van der Waals surface area contributed by atoms with Gasteiger partial charge in [0.2, 0.25) is 0 Å². The highest BCUT2D eigenvalue weighted by Gasteiger charge is 2.66. The Hall–Kier alpha value is -0.380. The number of allylic oxidation sites excluding steroid dienone is 1. The molecule has 0 aromatic heterocycles. The lowest BCUT2D eigenvalue weighted by Gasteiger charge is -2.68. The van der Waals surface area contributed by atoms with Gasteiger partial charge in [0.1, 0.15) is 0 Å². The Kier molecular flexibility index (Phi) is 5.89. The lowest BCUT2D eigenvalue weighted by molar-refractivity contribution is -0.243. The molecule has 0 saturated heterocycles. The van der Waals surface area contributed by atoms with Gasteiger partial charge >= 0.3 is 0 Å². The monoisotopic (exact) mass is 392 g/mol. The van der Waals surface area contributed by atoms with Crippen molar-refractivity contribution in [2.75, 3.05) is 6.61 Å². The van der Waals surface area contributed by atoms with Crippen molar-refractivity contribution < 1.29 is 15.3 Å². The maximum atomic E-state index is 11.4. The summed E-state index contributed by atoms with van der Waals surface area (Å²) in [6.07, 6.45) is 9.84. The van der Waals surface area contributed by atoms with Crippen LogP contribution in [0, 0.1) is 34.0 Å². The Morgan fingerprint density at radius 3 is 2.36 bits per heavy atom. The molecule has 7 atom stereocenters. The summed E-state index contributed by atoms with van der Waals surface area (Å²) < 4.78 is 0. The van der Waals surface area contributed by atoms with E-state index in [1.807, 2.05) is 13.0 Å². The van der Waals surface area contributed by atoms with Gasteiger partial charge in [0, 0.05) is 0 Å². The van der Waals surface area contributed by atoms with Crippen molar-refractivity contribution in [2.24, 2.45) is 34.0 Å². The van der Waals surface area contributed by atoms with E-state index in [1.54, 1.807) is 0 Å². The lowest BCUT2D eigenvalue weighted by Crippen LogP contribution is -2.66. The first-order chi connectivity index (χ1) is 12.9. The molecule has 162 valence electrons. The van der Waals surface area contributed by atoms with Gasteiger partial charge in [-0.25, -0.2) is 0 Å². The van der Waals surface area contributed by atoms with Crippen LogP contribution in [0.4, 0.5) is 0 Å². The Labute approximate surface area is 172 Å². The van der Waals surface area contributed by atoms with Gasteiger partial charge in [0.05, 0.1) is 18.3 Å². The van der Waals surface area contributed by atoms with Crippen molar-refractivity contribution in [3.63, 3.8) is 0 Å². The van der Waals surface area contributed by atoms with E-state index in [9.17, 15) is 15.3 Å². The third-order valence-electron chi connectivity index (χ3n) is 9.47. The summed E-state index contributed by atoms with van der Waals surface area (Å²) in [7, 11) is 0. The Bertz CT molecular complexity index is 607. The van der Waals surface area contributed by atoms with E-state index in [-0.39, 0.29) is 34.9 Å². The van der Waals surface area contributed by atoms with E-state index in [2.05, 4.69) is 34.6 Å². The first-order valence-corrected chi connectivity index (χ1v) is 11.6. The van der Waals surface area contributed by atoms with Crippen LogP contribution < -0.4 is 0 Å². The zero-order valence-corrected chi connectivity index (χ0v) is 19.1. The minimum absolute atomic E-state index is 0.0423. The molecule has 3 heteroatoms. The molecule has 3 fully saturated rings. The molecule has 0 aliphatic heterocycles. The summed E-state index contributed by atoms with van der Waals surface area (Å²) in [6.45, 7) is 13.7. The highest BCUT2D eigenvalue weighted by atomic mass is 16.3.